The molecule has 82 valence electrons. The second-order valence-electron chi connectivity index (χ2n) is 4.09. The predicted octanol–water partition coefficient (Wildman–Crippen LogP) is -0.850. The van der Waals surface area contributed by atoms with Gasteiger partial charge in [0, 0.05) is 19.7 Å². The number of ether oxygens (including phenoxy) is 1. The van der Waals surface area contributed by atoms with E-state index < -0.39 is 0 Å². The van der Waals surface area contributed by atoms with E-state index in [1.165, 1.54) is 0 Å². The molecule has 0 radical (unpaired) electrons. The van der Waals surface area contributed by atoms with Crippen LogP contribution < -0.4 is 11.0 Å². The smallest absolute Gasteiger partial charge is 0.346 e. The van der Waals surface area contributed by atoms with Crippen molar-refractivity contribution in [1.29, 1.82) is 0 Å². The SMILES string of the molecule is O=c1n(C2CNC2)cnn1C1CCOC1. The van der Waals surface area contributed by atoms with E-state index in [0.717, 1.165) is 26.1 Å². The second kappa shape index (κ2) is 3.46. The molecule has 0 spiro atoms. The Morgan fingerprint density at radius 2 is 2.33 bits per heavy atom. The molecule has 6 nitrogen and oxygen atoms in total. The van der Waals surface area contributed by atoms with Gasteiger partial charge in [-0.3, -0.25) is 4.57 Å². The van der Waals surface area contributed by atoms with Crippen molar-refractivity contribution < 1.29 is 4.74 Å². The Hall–Kier alpha value is -1.14. The molecule has 15 heavy (non-hydrogen) atoms. The van der Waals surface area contributed by atoms with Crippen molar-refractivity contribution in [1.82, 2.24) is 19.7 Å². The Morgan fingerprint density at radius 1 is 1.47 bits per heavy atom. The molecule has 1 atom stereocenters. The molecule has 2 fully saturated rings. The van der Waals surface area contributed by atoms with Gasteiger partial charge in [0.2, 0.25) is 0 Å². The Kier molecular flexibility index (Phi) is 2.10. The Labute approximate surface area is 86.8 Å². The summed E-state index contributed by atoms with van der Waals surface area (Å²) in [5.74, 6) is 0. The van der Waals surface area contributed by atoms with Gasteiger partial charge < -0.3 is 10.1 Å². The minimum atomic E-state index is -0.00278. The monoisotopic (exact) mass is 210 g/mol. The Balaban J connectivity index is 1.89. The van der Waals surface area contributed by atoms with E-state index in [9.17, 15) is 4.79 Å². The lowest BCUT2D eigenvalue weighted by Gasteiger charge is -2.26. The summed E-state index contributed by atoms with van der Waals surface area (Å²) < 4.78 is 8.53. The van der Waals surface area contributed by atoms with Gasteiger partial charge in [0.15, 0.2) is 0 Å². The molecule has 3 heterocycles. The molecule has 0 amide bonds. The molecular formula is C9H14N4O2. The van der Waals surface area contributed by atoms with Crippen LogP contribution in [0.25, 0.3) is 0 Å². The zero-order valence-corrected chi connectivity index (χ0v) is 8.43. The summed E-state index contributed by atoms with van der Waals surface area (Å²) in [6.45, 7) is 3.08. The third-order valence-electron chi connectivity index (χ3n) is 3.12. The van der Waals surface area contributed by atoms with Crippen molar-refractivity contribution in [3.05, 3.63) is 16.8 Å². The number of hydrogen-bond donors (Lipinski definition) is 1. The number of rotatable bonds is 2. The average Bonchev–Trinajstić information content (AvgIpc) is 2.74. The molecule has 0 bridgehead atoms. The van der Waals surface area contributed by atoms with Crippen molar-refractivity contribution >= 4 is 0 Å². The summed E-state index contributed by atoms with van der Waals surface area (Å²) in [4.78, 5) is 12.0. The highest BCUT2D eigenvalue weighted by atomic mass is 16.5. The van der Waals surface area contributed by atoms with Crippen LogP contribution in [0, 0.1) is 0 Å². The molecular weight excluding hydrogens is 196 g/mol. The number of hydrogen-bond acceptors (Lipinski definition) is 4. The number of nitrogens with zero attached hydrogens (tertiary/aromatic N) is 3. The molecule has 2 aliphatic rings. The first-order valence-electron chi connectivity index (χ1n) is 5.30. The lowest BCUT2D eigenvalue weighted by atomic mass is 10.2. The maximum Gasteiger partial charge on any atom is 0.346 e. The van der Waals surface area contributed by atoms with E-state index in [2.05, 4.69) is 10.4 Å². The summed E-state index contributed by atoms with van der Waals surface area (Å²) in [5, 5.41) is 7.30. The lowest BCUT2D eigenvalue weighted by Crippen LogP contribution is -2.47. The van der Waals surface area contributed by atoms with Crippen LogP contribution in [0.5, 0.6) is 0 Å². The van der Waals surface area contributed by atoms with Crippen molar-refractivity contribution in [3.63, 3.8) is 0 Å². The zero-order chi connectivity index (χ0) is 10.3. The van der Waals surface area contributed by atoms with Crippen LogP contribution in [-0.2, 0) is 4.74 Å². The highest BCUT2D eigenvalue weighted by Crippen LogP contribution is 2.16. The molecule has 0 aliphatic carbocycles. The molecule has 1 unspecified atom stereocenters. The van der Waals surface area contributed by atoms with Crippen molar-refractivity contribution in [3.8, 4) is 0 Å². The molecule has 1 aromatic heterocycles. The first-order valence-corrected chi connectivity index (χ1v) is 5.30. The van der Waals surface area contributed by atoms with E-state index in [1.54, 1.807) is 15.6 Å². The molecule has 0 aromatic carbocycles. The van der Waals surface area contributed by atoms with Crippen LogP contribution in [0.15, 0.2) is 11.1 Å². The lowest BCUT2D eigenvalue weighted by molar-refractivity contribution is 0.183. The Bertz CT molecular complexity index is 400. The van der Waals surface area contributed by atoms with Crippen LogP contribution in [0.1, 0.15) is 18.5 Å². The van der Waals surface area contributed by atoms with Gasteiger partial charge in [-0.1, -0.05) is 0 Å². The molecule has 6 heteroatoms. The van der Waals surface area contributed by atoms with Gasteiger partial charge in [0.25, 0.3) is 0 Å². The third kappa shape index (κ3) is 1.40. The van der Waals surface area contributed by atoms with Crippen LogP contribution in [0.3, 0.4) is 0 Å². The minimum absolute atomic E-state index is 0.00278. The van der Waals surface area contributed by atoms with E-state index in [0.29, 0.717) is 6.61 Å². The molecule has 2 saturated heterocycles. The summed E-state index contributed by atoms with van der Waals surface area (Å²) in [6.07, 6.45) is 2.53. The fourth-order valence-corrected chi connectivity index (χ4v) is 2.01. The highest BCUT2D eigenvalue weighted by Gasteiger charge is 2.25. The van der Waals surface area contributed by atoms with Gasteiger partial charge in [0.1, 0.15) is 6.33 Å². The molecule has 1 N–H and O–H groups in total. The van der Waals surface area contributed by atoms with E-state index >= 15 is 0 Å². The molecule has 0 saturated carbocycles. The van der Waals surface area contributed by atoms with Gasteiger partial charge >= 0.3 is 5.69 Å². The first kappa shape index (κ1) is 9.11. The van der Waals surface area contributed by atoms with Gasteiger partial charge in [0.05, 0.1) is 18.7 Å². The van der Waals surface area contributed by atoms with Gasteiger partial charge in [-0.05, 0) is 6.42 Å². The predicted molar refractivity (Wildman–Crippen MR) is 52.9 cm³/mol. The van der Waals surface area contributed by atoms with E-state index in [-0.39, 0.29) is 17.8 Å². The molecule has 3 rings (SSSR count). The van der Waals surface area contributed by atoms with E-state index in [4.69, 9.17) is 4.74 Å². The van der Waals surface area contributed by atoms with Crippen molar-refractivity contribution in [2.24, 2.45) is 0 Å². The minimum Gasteiger partial charge on any atom is -0.379 e. The van der Waals surface area contributed by atoms with Crippen molar-refractivity contribution in [2.75, 3.05) is 26.3 Å². The highest BCUT2D eigenvalue weighted by molar-refractivity contribution is 4.87. The van der Waals surface area contributed by atoms with Crippen LogP contribution in [0.4, 0.5) is 0 Å². The van der Waals surface area contributed by atoms with Gasteiger partial charge in [-0.2, -0.15) is 5.10 Å². The summed E-state index contributed by atoms with van der Waals surface area (Å²) in [6, 6.07) is 0.417. The Morgan fingerprint density at radius 3 is 2.93 bits per heavy atom. The van der Waals surface area contributed by atoms with Crippen molar-refractivity contribution in [2.45, 2.75) is 18.5 Å². The molecule has 2 aliphatic heterocycles. The maximum absolute atomic E-state index is 12.0. The van der Waals surface area contributed by atoms with Gasteiger partial charge in [-0.15, -0.1) is 0 Å². The normalized spacial score (nSPS) is 26.8. The van der Waals surface area contributed by atoms with Gasteiger partial charge in [-0.25, -0.2) is 9.48 Å². The van der Waals surface area contributed by atoms with Crippen LogP contribution in [-0.4, -0.2) is 40.7 Å². The molecule has 1 aromatic rings. The standard InChI is InChI=1S/C9H14N4O2/c14-9-12(8-3-10-4-8)6-11-13(9)7-1-2-15-5-7/h6-8,10H,1-5H2. The third-order valence-corrected chi connectivity index (χ3v) is 3.12. The van der Waals surface area contributed by atoms with Crippen LogP contribution in [0.2, 0.25) is 0 Å². The van der Waals surface area contributed by atoms with Crippen LogP contribution >= 0.6 is 0 Å². The zero-order valence-electron chi connectivity index (χ0n) is 8.43. The average molecular weight is 210 g/mol. The fraction of sp³-hybridized carbons (Fsp3) is 0.778. The first-order chi connectivity index (χ1) is 7.36. The quantitative estimate of drug-likeness (QED) is 0.690. The second-order valence-corrected chi connectivity index (χ2v) is 4.09. The fourth-order valence-electron chi connectivity index (χ4n) is 2.01. The largest absolute Gasteiger partial charge is 0.379 e. The maximum atomic E-state index is 12.0. The number of aromatic nitrogens is 3. The summed E-state index contributed by atoms with van der Waals surface area (Å²) in [5.41, 5.74) is -0.00278. The summed E-state index contributed by atoms with van der Waals surface area (Å²) in [7, 11) is 0. The van der Waals surface area contributed by atoms with E-state index in [1.807, 2.05) is 0 Å². The summed E-state index contributed by atoms with van der Waals surface area (Å²) >= 11 is 0. The number of nitrogens with one attached hydrogen (secondary N) is 1. The topological polar surface area (TPSA) is 61.1 Å².